The molecular weight excluding hydrogens is 294 g/mol. The average Bonchev–Trinajstić information content (AvgIpc) is 2.77. The normalized spacial score (nSPS) is 11.6. The molecule has 0 spiro atoms. The van der Waals surface area contributed by atoms with E-state index in [1.165, 1.54) is 24.0 Å². The Balaban J connectivity index is 2.53. The number of nitro groups is 1. The first-order chi connectivity index (χ1) is 9.73. The Kier molecular flexibility index (Phi) is 3.91. The summed E-state index contributed by atoms with van der Waals surface area (Å²) in [5.74, 6) is 0. The highest BCUT2D eigenvalue weighted by Gasteiger charge is 2.22. The summed E-state index contributed by atoms with van der Waals surface area (Å²) in [6.45, 7) is 5.28. The van der Waals surface area contributed by atoms with Crippen LogP contribution in [0.4, 0.5) is 10.5 Å². The number of aromatic nitrogens is 2. The van der Waals surface area contributed by atoms with Gasteiger partial charge in [-0.15, -0.1) is 11.8 Å². The molecule has 112 valence electrons. The summed E-state index contributed by atoms with van der Waals surface area (Å²) in [5.41, 5.74) is -0.156. The number of ether oxygens (including phenoxy) is 1. The first-order valence-corrected chi connectivity index (χ1v) is 7.39. The van der Waals surface area contributed by atoms with E-state index >= 15 is 0 Å². The van der Waals surface area contributed by atoms with Gasteiger partial charge in [-0.2, -0.15) is 9.78 Å². The molecule has 7 nitrogen and oxygen atoms in total. The number of hydrogen-bond donors (Lipinski definition) is 0. The van der Waals surface area contributed by atoms with Gasteiger partial charge in [0.15, 0.2) is 0 Å². The van der Waals surface area contributed by atoms with Crippen molar-refractivity contribution in [2.24, 2.45) is 0 Å². The Hall–Kier alpha value is -2.09. The molecule has 8 heteroatoms. The number of rotatable bonds is 2. The summed E-state index contributed by atoms with van der Waals surface area (Å²) in [6.07, 6.45) is 2.54. The molecule has 0 aliphatic rings. The average molecular weight is 309 g/mol. The molecule has 0 fully saturated rings. The molecule has 1 aromatic carbocycles. The molecule has 1 heterocycles. The van der Waals surface area contributed by atoms with E-state index in [1.54, 1.807) is 33.1 Å². The number of fused-ring (bicyclic) bond motifs is 1. The number of thioether (sulfide) groups is 1. The van der Waals surface area contributed by atoms with Crippen LogP contribution in [0, 0.1) is 10.1 Å². The number of hydrogen-bond acceptors (Lipinski definition) is 6. The van der Waals surface area contributed by atoms with E-state index in [1.807, 2.05) is 0 Å². The molecule has 0 N–H and O–H groups in total. The molecule has 21 heavy (non-hydrogen) atoms. The maximum atomic E-state index is 12.1. The van der Waals surface area contributed by atoms with Gasteiger partial charge in [0.05, 0.1) is 21.5 Å². The van der Waals surface area contributed by atoms with Crippen molar-refractivity contribution >= 4 is 34.4 Å². The van der Waals surface area contributed by atoms with Gasteiger partial charge in [-0.1, -0.05) is 0 Å². The van der Waals surface area contributed by atoms with Gasteiger partial charge in [0, 0.05) is 11.5 Å². The zero-order valence-corrected chi connectivity index (χ0v) is 12.9. The molecule has 1 aromatic heterocycles. The van der Waals surface area contributed by atoms with Crippen LogP contribution in [-0.2, 0) is 4.74 Å². The van der Waals surface area contributed by atoms with Crippen LogP contribution in [0.15, 0.2) is 23.2 Å². The van der Waals surface area contributed by atoms with E-state index in [0.29, 0.717) is 15.8 Å². The van der Waals surface area contributed by atoms with Crippen molar-refractivity contribution in [3.8, 4) is 0 Å². The van der Waals surface area contributed by atoms with Crippen molar-refractivity contribution in [3.05, 3.63) is 28.4 Å². The topological polar surface area (TPSA) is 87.3 Å². The summed E-state index contributed by atoms with van der Waals surface area (Å²) in [4.78, 5) is 23.1. The summed E-state index contributed by atoms with van der Waals surface area (Å²) < 4.78 is 6.38. The number of carbonyl (C=O) groups is 1. The largest absolute Gasteiger partial charge is 0.442 e. The van der Waals surface area contributed by atoms with Crippen molar-refractivity contribution in [2.75, 3.05) is 6.26 Å². The van der Waals surface area contributed by atoms with Crippen LogP contribution in [0.2, 0.25) is 0 Å². The lowest BCUT2D eigenvalue weighted by molar-refractivity contribution is -0.387. The summed E-state index contributed by atoms with van der Waals surface area (Å²) in [6, 6.07) is 2.99. The molecule has 2 aromatic rings. The second-order valence-corrected chi connectivity index (χ2v) is 6.22. The van der Waals surface area contributed by atoms with E-state index in [0.717, 1.165) is 4.68 Å². The van der Waals surface area contributed by atoms with Gasteiger partial charge in [-0.25, -0.2) is 4.79 Å². The second kappa shape index (κ2) is 5.36. The van der Waals surface area contributed by atoms with Crippen molar-refractivity contribution in [1.82, 2.24) is 9.78 Å². The third-order valence-electron chi connectivity index (χ3n) is 2.63. The van der Waals surface area contributed by atoms with Crippen LogP contribution >= 0.6 is 11.8 Å². The summed E-state index contributed by atoms with van der Waals surface area (Å²) in [7, 11) is 0. The molecule has 2 rings (SSSR count). The molecule has 0 atom stereocenters. The molecule has 0 saturated carbocycles. The molecule has 0 amide bonds. The van der Waals surface area contributed by atoms with Gasteiger partial charge in [0.1, 0.15) is 5.60 Å². The van der Waals surface area contributed by atoms with Crippen molar-refractivity contribution in [1.29, 1.82) is 0 Å². The fourth-order valence-corrected chi connectivity index (χ4v) is 2.37. The van der Waals surface area contributed by atoms with Gasteiger partial charge < -0.3 is 4.74 Å². The van der Waals surface area contributed by atoms with Crippen molar-refractivity contribution in [2.45, 2.75) is 31.3 Å². The van der Waals surface area contributed by atoms with Crippen LogP contribution in [0.25, 0.3) is 10.9 Å². The minimum atomic E-state index is -0.640. The molecule has 0 unspecified atom stereocenters. The Morgan fingerprint density at radius 3 is 2.62 bits per heavy atom. The SMILES string of the molecule is CSc1cc2c(cnn2C(=O)OC(C)(C)C)cc1[N+](=O)[O-]. The first kappa shape index (κ1) is 15.3. The standard InChI is InChI=1S/C13H15N3O4S/c1-13(2,3)20-12(17)15-9-6-11(21-4)10(16(18)19)5-8(9)7-14-15/h5-7H,1-4H3. The number of carbonyl (C=O) groups excluding carboxylic acids is 1. The molecule has 0 saturated heterocycles. The zero-order chi connectivity index (χ0) is 15.8. The second-order valence-electron chi connectivity index (χ2n) is 5.38. The Morgan fingerprint density at radius 2 is 2.10 bits per heavy atom. The van der Waals surface area contributed by atoms with E-state index in [-0.39, 0.29) is 5.69 Å². The third-order valence-corrected chi connectivity index (χ3v) is 3.40. The lowest BCUT2D eigenvalue weighted by atomic mass is 10.2. The quantitative estimate of drug-likeness (QED) is 0.479. The van der Waals surface area contributed by atoms with Crippen LogP contribution in [0.5, 0.6) is 0 Å². The van der Waals surface area contributed by atoms with E-state index < -0.39 is 16.6 Å². The Labute approximate surface area is 125 Å². The minimum absolute atomic E-state index is 0.00117. The van der Waals surface area contributed by atoms with E-state index in [9.17, 15) is 14.9 Å². The predicted octanol–water partition coefficient (Wildman–Crippen LogP) is 3.45. The zero-order valence-electron chi connectivity index (χ0n) is 12.1. The number of nitrogens with zero attached hydrogens (tertiary/aromatic N) is 3. The van der Waals surface area contributed by atoms with Gasteiger partial charge in [-0.3, -0.25) is 10.1 Å². The predicted molar refractivity (Wildman–Crippen MR) is 79.8 cm³/mol. The van der Waals surface area contributed by atoms with Crippen LogP contribution in [-0.4, -0.2) is 32.7 Å². The maximum absolute atomic E-state index is 12.1. The highest BCUT2D eigenvalue weighted by molar-refractivity contribution is 7.98. The highest BCUT2D eigenvalue weighted by Crippen LogP contribution is 2.32. The third kappa shape index (κ3) is 3.15. The molecule has 0 bridgehead atoms. The Morgan fingerprint density at radius 1 is 1.43 bits per heavy atom. The smallest absolute Gasteiger partial charge is 0.435 e. The van der Waals surface area contributed by atoms with Gasteiger partial charge in [0.2, 0.25) is 0 Å². The van der Waals surface area contributed by atoms with Crippen molar-refractivity contribution < 1.29 is 14.5 Å². The molecule has 0 radical (unpaired) electrons. The molecule has 0 aliphatic carbocycles. The van der Waals surface area contributed by atoms with Crippen LogP contribution in [0.3, 0.4) is 0 Å². The van der Waals surface area contributed by atoms with Crippen LogP contribution in [0.1, 0.15) is 20.8 Å². The van der Waals surface area contributed by atoms with Crippen LogP contribution < -0.4 is 0 Å². The molecule has 0 aliphatic heterocycles. The first-order valence-electron chi connectivity index (χ1n) is 6.16. The fraction of sp³-hybridized carbons (Fsp3) is 0.385. The van der Waals surface area contributed by atoms with Crippen molar-refractivity contribution in [3.63, 3.8) is 0 Å². The number of benzene rings is 1. The van der Waals surface area contributed by atoms with Gasteiger partial charge in [-0.05, 0) is 33.1 Å². The summed E-state index contributed by atoms with van der Waals surface area (Å²) in [5, 5.41) is 15.5. The summed E-state index contributed by atoms with van der Waals surface area (Å²) >= 11 is 1.24. The Bertz CT molecular complexity index is 718. The maximum Gasteiger partial charge on any atom is 0.435 e. The lowest BCUT2D eigenvalue weighted by Gasteiger charge is -2.19. The van der Waals surface area contributed by atoms with E-state index in [4.69, 9.17) is 4.74 Å². The lowest BCUT2D eigenvalue weighted by Crippen LogP contribution is -2.27. The van der Waals surface area contributed by atoms with Gasteiger partial charge in [0.25, 0.3) is 5.69 Å². The highest BCUT2D eigenvalue weighted by atomic mass is 32.2. The molecular formula is C13H15N3O4S. The monoisotopic (exact) mass is 309 g/mol. The fourth-order valence-electron chi connectivity index (χ4n) is 1.80. The number of nitro benzene ring substituents is 1. The van der Waals surface area contributed by atoms with E-state index in [2.05, 4.69) is 5.10 Å². The minimum Gasteiger partial charge on any atom is -0.442 e. The van der Waals surface area contributed by atoms with Gasteiger partial charge >= 0.3 is 6.09 Å².